The van der Waals surface area contributed by atoms with E-state index in [1.807, 2.05) is 27.7 Å². The van der Waals surface area contributed by atoms with Crippen LogP contribution in [0.5, 0.6) is 0 Å². The Balaban J connectivity index is 2.46. The minimum atomic E-state index is -0.472. The third-order valence-electron chi connectivity index (χ3n) is 4.33. The van der Waals surface area contributed by atoms with Crippen molar-refractivity contribution in [1.82, 2.24) is 0 Å². The topological polar surface area (TPSA) is 55.8 Å². The summed E-state index contributed by atoms with van der Waals surface area (Å²) in [6, 6.07) is 0. The fraction of sp³-hybridized carbons (Fsp3) is 0.941. The lowest BCUT2D eigenvalue weighted by molar-refractivity contribution is -0.172. The molecule has 1 saturated carbocycles. The zero-order valence-corrected chi connectivity index (χ0v) is 14.1. The second-order valence-corrected chi connectivity index (χ2v) is 6.83. The van der Waals surface area contributed by atoms with Gasteiger partial charge in [-0.25, -0.2) is 4.79 Å². The first kappa shape index (κ1) is 18.4. The number of hydrogen-bond acceptors (Lipinski definition) is 4. The van der Waals surface area contributed by atoms with E-state index in [4.69, 9.17) is 9.47 Å². The van der Waals surface area contributed by atoms with Crippen LogP contribution in [0.2, 0.25) is 0 Å². The highest BCUT2D eigenvalue weighted by atomic mass is 16.6. The molecule has 0 aromatic heterocycles. The Morgan fingerprint density at radius 2 is 2.05 bits per heavy atom. The number of ether oxygens (including phenoxy) is 2. The molecule has 1 N–H and O–H groups in total. The molecule has 1 fully saturated rings. The van der Waals surface area contributed by atoms with Crippen molar-refractivity contribution in [2.45, 2.75) is 90.4 Å². The first-order valence-electron chi connectivity index (χ1n) is 8.40. The van der Waals surface area contributed by atoms with Gasteiger partial charge in [-0.1, -0.05) is 26.7 Å². The van der Waals surface area contributed by atoms with E-state index >= 15 is 0 Å². The molecule has 0 radical (unpaired) electrons. The Morgan fingerprint density at radius 1 is 1.33 bits per heavy atom. The molecular formula is C17H32O4. The molecule has 0 bridgehead atoms. The van der Waals surface area contributed by atoms with Gasteiger partial charge in [0, 0.05) is 0 Å². The summed E-state index contributed by atoms with van der Waals surface area (Å²) in [5.74, 6) is 0.111. The number of aliphatic hydroxyl groups excluding tert-OH is 1. The van der Waals surface area contributed by atoms with E-state index in [-0.39, 0.29) is 12.1 Å². The SMILES string of the molecule is CCCC(OCC1CCCC(O)C1)C(=O)OC(C)(C)CC. The molecule has 124 valence electrons. The molecule has 3 unspecified atom stereocenters. The van der Waals surface area contributed by atoms with Crippen LogP contribution in [0.3, 0.4) is 0 Å². The summed E-state index contributed by atoms with van der Waals surface area (Å²) in [4.78, 5) is 12.2. The summed E-state index contributed by atoms with van der Waals surface area (Å²) in [5.41, 5.74) is -0.437. The Morgan fingerprint density at radius 3 is 2.62 bits per heavy atom. The van der Waals surface area contributed by atoms with Gasteiger partial charge < -0.3 is 14.6 Å². The van der Waals surface area contributed by atoms with Crippen molar-refractivity contribution in [3.63, 3.8) is 0 Å². The Hall–Kier alpha value is -0.610. The third-order valence-corrected chi connectivity index (χ3v) is 4.33. The monoisotopic (exact) mass is 300 g/mol. The van der Waals surface area contributed by atoms with E-state index in [0.29, 0.717) is 18.9 Å². The van der Waals surface area contributed by atoms with Crippen LogP contribution < -0.4 is 0 Å². The van der Waals surface area contributed by atoms with Crippen LogP contribution in [0.1, 0.15) is 72.6 Å². The molecule has 0 saturated heterocycles. The van der Waals surface area contributed by atoms with E-state index in [0.717, 1.165) is 38.5 Å². The van der Waals surface area contributed by atoms with Crippen molar-refractivity contribution in [2.24, 2.45) is 5.92 Å². The predicted octanol–water partition coefficient (Wildman–Crippen LogP) is 3.45. The lowest BCUT2D eigenvalue weighted by atomic mass is 9.88. The molecule has 0 spiro atoms. The Labute approximate surface area is 129 Å². The molecule has 4 nitrogen and oxygen atoms in total. The Kier molecular flexibility index (Phi) is 7.67. The minimum absolute atomic E-state index is 0.206. The summed E-state index contributed by atoms with van der Waals surface area (Å²) in [7, 11) is 0. The van der Waals surface area contributed by atoms with Crippen molar-refractivity contribution >= 4 is 5.97 Å². The number of hydrogen-bond donors (Lipinski definition) is 1. The highest BCUT2D eigenvalue weighted by Crippen LogP contribution is 2.25. The van der Waals surface area contributed by atoms with E-state index in [9.17, 15) is 9.90 Å². The van der Waals surface area contributed by atoms with Gasteiger partial charge in [-0.05, 0) is 51.9 Å². The summed E-state index contributed by atoms with van der Waals surface area (Å²) in [5, 5.41) is 9.69. The van der Waals surface area contributed by atoms with E-state index in [1.54, 1.807) is 0 Å². The molecule has 1 rings (SSSR count). The molecule has 0 aromatic rings. The van der Waals surface area contributed by atoms with Crippen LogP contribution in [0.15, 0.2) is 0 Å². The highest BCUT2D eigenvalue weighted by Gasteiger charge is 2.28. The number of carbonyl (C=O) groups is 1. The summed E-state index contributed by atoms with van der Waals surface area (Å²) in [6.07, 6.45) is 5.48. The zero-order valence-electron chi connectivity index (χ0n) is 14.1. The quantitative estimate of drug-likeness (QED) is 0.698. The zero-order chi connectivity index (χ0) is 15.9. The highest BCUT2D eigenvalue weighted by molar-refractivity contribution is 5.75. The lowest BCUT2D eigenvalue weighted by Gasteiger charge is -2.29. The number of carbonyl (C=O) groups excluding carboxylic acids is 1. The van der Waals surface area contributed by atoms with Crippen molar-refractivity contribution in [1.29, 1.82) is 0 Å². The number of esters is 1. The largest absolute Gasteiger partial charge is 0.458 e. The first-order chi connectivity index (χ1) is 9.88. The molecule has 1 aliphatic rings. The summed E-state index contributed by atoms with van der Waals surface area (Å²) < 4.78 is 11.4. The molecule has 1 aliphatic carbocycles. The molecule has 4 heteroatoms. The van der Waals surface area contributed by atoms with Crippen LogP contribution in [-0.2, 0) is 14.3 Å². The fourth-order valence-corrected chi connectivity index (χ4v) is 2.61. The minimum Gasteiger partial charge on any atom is -0.458 e. The van der Waals surface area contributed by atoms with Gasteiger partial charge in [0.1, 0.15) is 5.60 Å². The average Bonchev–Trinajstić information content (AvgIpc) is 2.43. The number of aliphatic hydroxyl groups is 1. The van der Waals surface area contributed by atoms with Gasteiger partial charge in [-0.15, -0.1) is 0 Å². The maximum absolute atomic E-state index is 12.2. The van der Waals surface area contributed by atoms with Crippen LogP contribution in [0.4, 0.5) is 0 Å². The summed E-state index contributed by atoms with van der Waals surface area (Å²) >= 11 is 0. The van der Waals surface area contributed by atoms with Crippen LogP contribution in [0.25, 0.3) is 0 Å². The van der Waals surface area contributed by atoms with Gasteiger partial charge in [0.05, 0.1) is 12.7 Å². The van der Waals surface area contributed by atoms with E-state index in [1.165, 1.54) is 0 Å². The van der Waals surface area contributed by atoms with Crippen LogP contribution in [-0.4, -0.2) is 35.5 Å². The fourth-order valence-electron chi connectivity index (χ4n) is 2.61. The van der Waals surface area contributed by atoms with Crippen molar-refractivity contribution in [2.75, 3.05) is 6.61 Å². The van der Waals surface area contributed by atoms with E-state index in [2.05, 4.69) is 0 Å². The van der Waals surface area contributed by atoms with Crippen molar-refractivity contribution in [3.05, 3.63) is 0 Å². The second kappa shape index (κ2) is 8.74. The average molecular weight is 300 g/mol. The van der Waals surface area contributed by atoms with Gasteiger partial charge >= 0.3 is 5.97 Å². The van der Waals surface area contributed by atoms with Gasteiger partial charge in [0.15, 0.2) is 6.10 Å². The maximum atomic E-state index is 12.2. The summed E-state index contributed by atoms with van der Waals surface area (Å²) in [6.45, 7) is 8.44. The van der Waals surface area contributed by atoms with Crippen LogP contribution in [0, 0.1) is 5.92 Å². The van der Waals surface area contributed by atoms with Crippen molar-refractivity contribution < 1.29 is 19.4 Å². The smallest absolute Gasteiger partial charge is 0.335 e. The maximum Gasteiger partial charge on any atom is 0.335 e. The first-order valence-corrected chi connectivity index (χ1v) is 8.40. The molecule has 0 aromatic carbocycles. The van der Waals surface area contributed by atoms with E-state index < -0.39 is 11.7 Å². The molecule has 0 aliphatic heterocycles. The molecule has 0 heterocycles. The molecule has 21 heavy (non-hydrogen) atoms. The van der Waals surface area contributed by atoms with Crippen LogP contribution >= 0.6 is 0 Å². The van der Waals surface area contributed by atoms with Crippen molar-refractivity contribution in [3.8, 4) is 0 Å². The van der Waals surface area contributed by atoms with Gasteiger partial charge in [0.25, 0.3) is 0 Å². The standard InChI is InChI=1S/C17H32O4/c1-5-8-15(16(19)21-17(3,4)6-2)20-12-13-9-7-10-14(18)11-13/h13-15,18H,5-12H2,1-4H3. The van der Waals surface area contributed by atoms with Gasteiger partial charge in [-0.3, -0.25) is 0 Å². The molecular weight excluding hydrogens is 268 g/mol. The lowest BCUT2D eigenvalue weighted by Crippen LogP contribution is -2.36. The van der Waals surface area contributed by atoms with Gasteiger partial charge in [0.2, 0.25) is 0 Å². The second-order valence-electron chi connectivity index (χ2n) is 6.83. The number of rotatable bonds is 8. The Bertz CT molecular complexity index is 314. The molecule has 0 amide bonds. The third kappa shape index (κ3) is 6.79. The normalized spacial score (nSPS) is 24.6. The predicted molar refractivity (Wildman–Crippen MR) is 83.1 cm³/mol. The molecule has 3 atom stereocenters. The van der Waals surface area contributed by atoms with Gasteiger partial charge in [-0.2, -0.15) is 0 Å².